The lowest BCUT2D eigenvalue weighted by Gasteiger charge is -2.12. The predicted octanol–water partition coefficient (Wildman–Crippen LogP) is 3.59. The van der Waals surface area contributed by atoms with Gasteiger partial charge in [-0.25, -0.2) is 4.39 Å². The minimum absolute atomic E-state index is 0.0944. The van der Waals surface area contributed by atoms with Crippen molar-refractivity contribution in [3.05, 3.63) is 28.5 Å². The first kappa shape index (κ1) is 15.9. The fourth-order valence-corrected chi connectivity index (χ4v) is 1.70. The van der Waals surface area contributed by atoms with E-state index in [0.717, 1.165) is 6.07 Å². The molecule has 0 radical (unpaired) electrons. The van der Waals surface area contributed by atoms with Gasteiger partial charge in [0.1, 0.15) is 5.82 Å². The van der Waals surface area contributed by atoms with E-state index in [9.17, 15) is 9.18 Å². The molecule has 1 amide bonds. The Balaban J connectivity index is 3.02. The summed E-state index contributed by atoms with van der Waals surface area (Å²) >= 11 is 10.9. The molecule has 0 saturated carbocycles. The zero-order valence-corrected chi connectivity index (χ0v) is 12.5. The van der Waals surface area contributed by atoms with Crippen LogP contribution in [-0.2, 0) is 16.0 Å². The average molecular weight is 304 g/mol. The maximum absolute atomic E-state index is 13.7. The summed E-state index contributed by atoms with van der Waals surface area (Å²) < 4.78 is 18.6. The normalized spacial score (nSPS) is 10.4. The van der Waals surface area contributed by atoms with Gasteiger partial charge in [-0.15, -0.1) is 0 Å². The minimum Gasteiger partial charge on any atom is -0.490 e. The Hall–Kier alpha value is -1.20. The van der Waals surface area contributed by atoms with Crippen LogP contribution >= 0.6 is 23.8 Å². The highest BCUT2D eigenvalue weighted by Gasteiger charge is 2.14. The molecule has 1 aromatic carbocycles. The van der Waals surface area contributed by atoms with Crippen molar-refractivity contribution in [2.45, 2.75) is 20.3 Å². The molecule has 0 spiro atoms. The number of methoxy groups -OCH3 is 1. The van der Waals surface area contributed by atoms with Gasteiger partial charge in [0.25, 0.3) is 0 Å². The molecule has 0 heterocycles. The van der Waals surface area contributed by atoms with E-state index < -0.39 is 5.82 Å². The third kappa shape index (κ3) is 4.44. The quantitative estimate of drug-likeness (QED) is 0.864. The van der Waals surface area contributed by atoms with E-state index in [4.69, 9.17) is 28.6 Å². The van der Waals surface area contributed by atoms with E-state index in [2.05, 4.69) is 5.32 Å². The van der Waals surface area contributed by atoms with E-state index in [0.29, 0.717) is 10.6 Å². The smallest absolute Gasteiger partial charge is 0.227 e. The van der Waals surface area contributed by atoms with Gasteiger partial charge in [-0.2, -0.15) is 0 Å². The van der Waals surface area contributed by atoms with Gasteiger partial charge in [-0.1, -0.05) is 25.4 Å². The molecule has 0 saturated heterocycles. The summed E-state index contributed by atoms with van der Waals surface area (Å²) in [5.41, 5.74) is 0.700. The number of thiocarbonyl (C=S) groups is 1. The maximum Gasteiger partial charge on any atom is 0.227 e. The highest BCUT2D eigenvalue weighted by Crippen LogP contribution is 2.25. The number of hydrogen-bond donors (Lipinski definition) is 1. The number of amides is 1. The number of nitrogens with one attached hydrogen (secondary N) is 1. The molecule has 0 aliphatic carbocycles. The van der Waals surface area contributed by atoms with Crippen LogP contribution in [0.25, 0.3) is 0 Å². The molecule has 1 aromatic rings. The third-order valence-corrected chi connectivity index (χ3v) is 3.14. The van der Waals surface area contributed by atoms with Gasteiger partial charge in [0, 0.05) is 17.4 Å². The third-order valence-electron chi connectivity index (χ3n) is 2.48. The lowest BCUT2D eigenvalue weighted by molar-refractivity contribution is -0.118. The molecule has 19 heavy (non-hydrogen) atoms. The van der Waals surface area contributed by atoms with Gasteiger partial charge >= 0.3 is 0 Å². The van der Waals surface area contributed by atoms with Crippen molar-refractivity contribution in [3.63, 3.8) is 0 Å². The Labute approximate surface area is 122 Å². The topological polar surface area (TPSA) is 38.3 Å². The van der Waals surface area contributed by atoms with Crippen molar-refractivity contribution in [1.82, 2.24) is 0 Å². The SMILES string of the molecule is COC(=S)Cc1cc(NC(=O)C(C)C)c(F)cc1Cl. The number of ether oxygens (including phenoxy) is 1. The Kier molecular flexibility index (Phi) is 5.69. The van der Waals surface area contributed by atoms with Crippen molar-refractivity contribution < 1.29 is 13.9 Å². The monoisotopic (exact) mass is 303 g/mol. The lowest BCUT2D eigenvalue weighted by atomic mass is 10.1. The van der Waals surface area contributed by atoms with Crippen LogP contribution in [0.2, 0.25) is 5.02 Å². The van der Waals surface area contributed by atoms with E-state index >= 15 is 0 Å². The Morgan fingerprint density at radius 3 is 2.68 bits per heavy atom. The molecule has 0 aliphatic heterocycles. The minimum atomic E-state index is -0.578. The van der Waals surface area contributed by atoms with Crippen molar-refractivity contribution in [1.29, 1.82) is 0 Å². The van der Waals surface area contributed by atoms with Crippen molar-refractivity contribution in [3.8, 4) is 0 Å². The molecular formula is C13H15ClFNO2S. The molecule has 1 N–H and O–H groups in total. The van der Waals surface area contributed by atoms with Crippen LogP contribution in [-0.4, -0.2) is 18.1 Å². The molecule has 0 aliphatic rings. The summed E-state index contributed by atoms with van der Waals surface area (Å²) in [4.78, 5) is 11.6. The summed E-state index contributed by atoms with van der Waals surface area (Å²) in [7, 11) is 1.46. The summed E-state index contributed by atoms with van der Waals surface area (Å²) in [5.74, 6) is -1.08. The highest BCUT2D eigenvalue weighted by molar-refractivity contribution is 7.80. The van der Waals surface area contributed by atoms with Crippen LogP contribution < -0.4 is 5.32 Å². The van der Waals surface area contributed by atoms with Crippen LogP contribution in [0, 0.1) is 11.7 Å². The average Bonchev–Trinajstić information content (AvgIpc) is 2.34. The Bertz CT molecular complexity index is 506. The van der Waals surface area contributed by atoms with Gasteiger partial charge in [0.05, 0.1) is 12.8 Å². The van der Waals surface area contributed by atoms with Crippen LogP contribution in [0.4, 0.5) is 10.1 Å². The number of halogens is 2. The molecule has 0 atom stereocenters. The zero-order valence-electron chi connectivity index (χ0n) is 10.9. The lowest BCUT2D eigenvalue weighted by Crippen LogP contribution is -2.19. The van der Waals surface area contributed by atoms with Crippen molar-refractivity contribution in [2.24, 2.45) is 5.92 Å². The Morgan fingerprint density at radius 2 is 2.16 bits per heavy atom. The number of hydrogen-bond acceptors (Lipinski definition) is 3. The second-order valence-electron chi connectivity index (χ2n) is 4.32. The van der Waals surface area contributed by atoms with Crippen molar-refractivity contribution >= 4 is 40.5 Å². The van der Waals surface area contributed by atoms with E-state index in [-0.39, 0.29) is 29.0 Å². The highest BCUT2D eigenvalue weighted by atomic mass is 35.5. The number of rotatable bonds is 4. The van der Waals surface area contributed by atoms with Crippen LogP contribution in [0.3, 0.4) is 0 Å². The largest absolute Gasteiger partial charge is 0.490 e. The number of carbonyl (C=O) groups is 1. The van der Waals surface area contributed by atoms with Gasteiger partial charge in [-0.3, -0.25) is 4.79 Å². The molecule has 0 bridgehead atoms. The molecule has 104 valence electrons. The second kappa shape index (κ2) is 6.82. The molecule has 0 aromatic heterocycles. The first-order chi connectivity index (χ1) is 8.85. The molecule has 0 unspecified atom stereocenters. The molecule has 0 fully saturated rings. The summed E-state index contributed by atoms with van der Waals surface area (Å²) in [5, 5.41) is 3.10. The number of benzene rings is 1. The fourth-order valence-electron chi connectivity index (χ4n) is 1.33. The first-order valence-electron chi connectivity index (χ1n) is 5.70. The number of carbonyl (C=O) groups excluding carboxylic acids is 1. The van der Waals surface area contributed by atoms with E-state index in [1.54, 1.807) is 13.8 Å². The molecule has 3 nitrogen and oxygen atoms in total. The summed E-state index contributed by atoms with van der Waals surface area (Å²) in [6, 6.07) is 2.63. The summed E-state index contributed by atoms with van der Waals surface area (Å²) in [6.45, 7) is 3.45. The van der Waals surface area contributed by atoms with Gasteiger partial charge in [-0.05, 0) is 29.9 Å². The van der Waals surface area contributed by atoms with Crippen LogP contribution in [0.15, 0.2) is 12.1 Å². The fraction of sp³-hybridized carbons (Fsp3) is 0.385. The molecular weight excluding hydrogens is 289 g/mol. The van der Waals surface area contributed by atoms with E-state index in [1.165, 1.54) is 13.2 Å². The summed E-state index contributed by atoms with van der Waals surface area (Å²) in [6.07, 6.45) is 0.287. The standard InChI is InChI=1S/C13H15ClFNO2S/c1-7(2)13(17)16-11-4-8(5-12(19)18-3)9(14)6-10(11)15/h4,6-7H,5H2,1-3H3,(H,16,17). The first-order valence-corrected chi connectivity index (χ1v) is 6.49. The van der Waals surface area contributed by atoms with Crippen LogP contribution in [0.5, 0.6) is 0 Å². The van der Waals surface area contributed by atoms with Gasteiger partial charge in [0.2, 0.25) is 5.91 Å². The molecule has 6 heteroatoms. The second-order valence-corrected chi connectivity index (χ2v) is 5.18. The molecule has 1 rings (SSSR count). The number of anilines is 1. The maximum atomic E-state index is 13.7. The van der Waals surface area contributed by atoms with Gasteiger partial charge in [0.15, 0.2) is 5.05 Å². The van der Waals surface area contributed by atoms with Crippen LogP contribution in [0.1, 0.15) is 19.4 Å². The van der Waals surface area contributed by atoms with E-state index in [1.807, 2.05) is 0 Å². The Morgan fingerprint density at radius 1 is 1.53 bits per heavy atom. The van der Waals surface area contributed by atoms with Gasteiger partial charge < -0.3 is 10.1 Å². The predicted molar refractivity (Wildman–Crippen MR) is 78.2 cm³/mol. The zero-order chi connectivity index (χ0) is 14.6. The van der Waals surface area contributed by atoms with Crippen molar-refractivity contribution in [2.75, 3.05) is 12.4 Å².